The first-order valence-electron chi connectivity index (χ1n) is 9.30. The third kappa shape index (κ3) is 4.22. The van der Waals surface area contributed by atoms with Crippen LogP contribution in [0.5, 0.6) is 0 Å². The minimum Gasteiger partial charge on any atom is -0.349 e. The van der Waals surface area contributed by atoms with Crippen LogP contribution in [0.15, 0.2) is 41.7 Å². The first-order chi connectivity index (χ1) is 12.7. The lowest BCUT2D eigenvalue weighted by molar-refractivity contribution is 0.127. The van der Waals surface area contributed by atoms with Crippen molar-refractivity contribution in [1.82, 2.24) is 29.9 Å². The number of aliphatic imine (C=N–C) groups is 1. The van der Waals surface area contributed by atoms with Crippen LogP contribution in [-0.4, -0.2) is 63.8 Å². The van der Waals surface area contributed by atoms with Crippen molar-refractivity contribution in [3.05, 3.63) is 48.0 Å². The van der Waals surface area contributed by atoms with E-state index in [4.69, 9.17) is 0 Å². The van der Waals surface area contributed by atoms with E-state index < -0.39 is 0 Å². The molecule has 3 rings (SSSR count). The number of rotatable bonds is 5. The van der Waals surface area contributed by atoms with Crippen molar-refractivity contribution in [1.29, 1.82) is 0 Å². The Balaban J connectivity index is 1.55. The van der Waals surface area contributed by atoms with Gasteiger partial charge in [0.25, 0.3) is 0 Å². The summed E-state index contributed by atoms with van der Waals surface area (Å²) in [5, 5.41) is 11.4. The Morgan fingerprint density at radius 1 is 1.19 bits per heavy atom. The van der Waals surface area contributed by atoms with E-state index >= 15 is 0 Å². The number of benzene rings is 1. The Bertz CT molecular complexity index is 702. The molecule has 0 amide bonds. The average molecular weight is 355 g/mol. The largest absolute Gasteiger partial charge is 0.349 e. The fraction of sp³-hybridized carbons (Fsp3) is 0.526. The van der Waals surface area contributed by atoms with Crippen LogP contribution in [0.2, 0.25) is 0 Å². The predicted molar refractivity (Wildman–Crippen MR) is 104 cm³/mol. The number of hydrogen-bond acceptors (Lipinski definition) is 4. The van der Waals surface area contributed by atoms with Gasteiger partial charge in [-0.2, -0.15) is 0 Å². The molecule has 1 aliphatic heterocycles. The molecule has 1 aromatic carbocycles. The van der Waals surface area contributed by atoms with Gasteiger partial charge in [-0.25, -0.2) is 0 Å². The van der Waals surface area contributed by atoms with Crippen LogP contribution in [0.4, 0.5) is 0 Å². The number of hydrogen-bond donors (Lipinski definition) is 1. The Labute approximate surface area is 155 Å². The van der Waals surface area contributed by atoms with Gasteiger partial charge in [0.15, 0.2) is 11.8 Å². The fourth-order valence-corrected chi connectivity index (χ4v) is 3.58. The Morgan fingerprint density at radius 2 is 1.92 bits per heavy atom. The van der Waals surface area contributed by atoms with E-state index in [2.05, 4.69) is 67.6 Å². The third-order valence-corrected chi connectivity index (χ3v) is 5.05. The summed E-state index contributed by atoms with van der Waals surface area (Å²) in [6.45, 7) is 6.93. The summed E-state index contributed by atoms with van der Waals surface area (Å²) in [6.07, 6.45) is 2.84. The predicted octanol–water partition coefficient (Wildman–Crippen LogP) is 1.66. The molecule has 140 valence electrons. The summed E-state index contributed by atoms with van der Waals surface area (Å²) in [6, 6.07) is 11.3. The van der Waals surface area contributed by atoms with Crippen LogP contribution in [0.1, 0.15) is 30.8 Å². The molecular weight excluding hydrogens is 326 g/mol. The molecular formula is C19H29N7. The van der Waals surface area contributed by atoms with Crippen LogP contribution >= 0.6 is 0 Å². The van der Waals surface area contributed by atoms with Gasteiger partial charge in [-0.1, -0.05) is 37.3 Å². The number of piperazine rings is 1. The molecule has 0 aliphatic carbocycles. The molecule has 7 nitrogen and oxygen atoms in total. The number of guanidine groups is 1. The first-order valence-corrected chi connectivity index (χ1v) is 9.30. The van der Waals surface area contributed by atoms with Crippen molar-refractivity contribution < 1.29 is 0 Å². The van der Waals surface area contributed by atoms with E-state index in [0.29, 0.717) is 12.6 Å². The van der Waals surface area contributed by atoms with Gasteiger partial charge in [-0.3, -0.25) is 9.89 Å². The lowest BCUT2D eigenvalue weighted by Crippen LogP contribution is -2.53. The Morgan fingerprint density at radius 3 is 2.50 bits per heavy atom. The standard InChI is InChI=1S/C19H29N7/c1-4-17(16-8-6-5-7-9-16)25-10-12-26(13-11-25)19(20-2)21-14-18-23-22-15-24(18)3/h5-9,15,17H,4,10-14H2,1-3H3,(H,20,21). The molecule has 1 unspecified atom stereocenters. The molecule has 26 heavy (non-hydrogen) atoms. The summed E-state index contributed by atoms with van der Waals surface area (Å²) in [4.78, 5) is 9.35. The van der Waals surface area contributed by atoms with Crippen molar-refractivity contribution in [3.8, 4) is 0 Å². The highest BCUT2D eigenvalue weighted by Gasteiger charge is 2.25. The van der Waals surface area contributed by atoms with E-state index in [0.717, 1.165) is 44.4 Å². The summed E-state index contributed by atoms with van der Waals surface area (Å²) >= 11 is 0. The quantitative estimate of drug-likeness (QED) is 0.653. The summed E-state index contributed by atoms with van der Waals surface area (Å²) in [5.41, 5.74) is 1.41. The maximum Gasteiger partial charge on any atom is 0.194 e. The fourth-order valence-electron chi connectivity index (χ4n) is 3.58. The SMILES string of the molecule is CCC(c1ccccc1)N1CCN(C(=NC)NCc2nncn2C)CC1. The summed E-state index contributed by atoms with van der Waals surface area (Å²) in [7, 11) is 3.79. The smallest absolute Gasteiger partial charge is 0.194 e. The normalized spacial score (nSPS) is 17.3. The van der Waals surface area contributed by atoms with E-state index in [1.54, 1.807) is 6.33 Å². The second-order valence-electron chi connectivity index (χ2n) is 6.62. The number of aryl methyl sites for hydroxylation is 1. The van der Waals surface area contributed by atoms with Crippen LogP contribution in [0.3, 0.4) is 0 Å². The zero-order valence-corrected chi connectivity index (χ0v) is 16.0. The van der Waals surface area contributed by atoms with E-state index in [9.17, 15) is 0 Å². The minimum atomic E-state index is 0.493. The van der Waals surface area contributed by atoms with E-state index in [1.165, 1.54) is 5.56 Å². The highest BCUT2D eigenvalue weighted by Crippen LogP contribution is 2.25. The first kappa shape index (κ1) is 18.4. The molecule has 7 heteroatoms. The molecule has 1 N–H and O–H groups in total. The number of aromatic nitrogens is 3. The second kappa shape index (κ2) is 8.80. The second-order valence-corrected chi connectivity index (χ2v) is 6.62. The van der Waals surface area contributed by atoms with Crippen molar-refractivity contribution in [2.24, 2.45) is 12.0 Å². The van der Waals surface area contributed by atoms with E-state index in [-0.39, 0.29) is 0 Å². The summed E-state index contributed by atoms with van der Waals surface area (Å²) in [5.74, 6) is 1.83. The molecule has 0 bridgehead atoms. The molecule has 1 saturated heterocycles. The lowest BCUT2D eigenvalue weighted by Gasteiger charge is -2.40. The van der Waals surface area contributed by atoms with E-state index in [1.807, 2.05) is 18.7 Å². The van der Waals surface area contributed by atoms with Crippen molar-refractivity contribution in [2.45, 2.75) is 25.9 Å². The van der Waals surface area contributed by atoms with Gasteiger partial charge < -0.3 is 14.8 Å². The lowest BCUT2D eigenvalue weighted by atomic mass is 10.0. The van der Waals surface area contributed by atoms with Crippen LogP contribution in [-0.2, 0) is 13.6 Å². The van der Waals surface area contributed by atoms with Crippen molar-refractivity contribution in [2.75, 3.05) is 33.2 Å². The topological polar surface area (TPSA) is 61.6 Å². The Hall–Kier alpha value is -2.41. The van der Waals surface area contributed by atoms with Gasteiger partial charge in [0.1, 0.15) is 6.33 Å². The molecule has 0 spiro atoms. The van der Waals surface area contributed by atoms with Crippen molar-refractivity contribution >= 4 is 5.96 Å². The van der Waals surface area contributed by atoms with Crippen LogP contribution in [0, 0.1) is 0 Å². The molecule has 1 atom stereocenters. The average Bonchev–Trinajstić information content (AvgIpc) is 3.10. The molecule has 2 aromatic rings. The molecule has 1 aliphatic rings. The maximum atomic E-state index is 4.44. The summed E-state index contributed by atoms with van der Waals surface area (Å²) < 4.78 is 1.92. The van der Waals surface area contributed by atoms with Gasteiger partial charge in [0.2, 0.25) is 0 Å². The molecule has 0 saturated carbocycles. The van der Waals surface area contributed by atoms with Gasteiger partial charge in [0, 0.05) is 46.3 Å². The zero-order valence-electron chi connectivity index (χ0n) is 16.0. The molecule has 2 heterocycles. The molecule has 1 fully saturated rings. The monoisotopic (exact) mass is 355 g/mol. The van der Waals surface area contributed by atoms with Gasteiger partial charge in [0.05, 0.1) is 6.54 Å². The third-order valence-electron chi connectivity index (χ3n) is 5.05. The number of nitrogens with one attached hydrogen (secondary N) is 1. The van der Waals surface area contributed by atoms with Crippen LogP contribution in [0.25, 0.3) is 0 Å². The van der Waals surface area contributed by atoms with Gasteiger partial charge >= 0.3 is 0 Å². The number of nitrogens with zero attached hydrogens (tertiary/aromatic N) is 6. The maximum absolute atomic E-state index is 4.44. The zero-order chi connectivity index (χ0) is 18.4. The van der Waals surface area contributed by atoms with Gasteiger partial charge in [-0.05, 0) is 12.0 Å². The highest BCUT2D eigenvalue weighted by atomic mass is 15.4. The highest BCUT2D eigenvalue weighted by molar-refractivity contribution is 5.79. The van der Waals surface area contributed by atoms with Crippen molar-refractivity contribution in [3.63, 3.8) is 0 Å². The van der Waals surface area contributed by atoms with Gasteiger partial charge in [-0.15, -0.1) is 10.2 Å². The molecule has 0 radical (unpaired) electrons. The minimum absolute atomic E-state index is 0.493. The van der Waals surface area contributed by atoms with Crippen LogP contribution < -0.4 is 5.32 Å². The Kier molecular flexibility index (Phi) is 6.22. The molecule has 1 aromatic heterocycles.